The van der Waals surface area contributed by atoms with Gasteiger partial charge in [0.25, 0.3) is 0 Å². The third kappa shape index (κ3) is 3.84. The molecule has 0 unspecified atom stereocenters. The normalized spacial score (nSPS) is 10.6. The Morgan fingerprint density at radius 3 is 2.40 bits per heavy atom. The SMILES string of the molecule is Cc1ccc(CN(C)c2ccc(CCN)c(Br)c2)cc1. The third-order valence-corrected chi connectivity index (χ3v) is 4.17. The van der Waals surface area contributed by atoms with Crippen LogP contribution in [0.2, 0.25) is 0 Å². The van der Waals surface area contributed by atoms with Gasteiger partial charge in [0.2, 0.25) is 0 Å². The number of anilines is 1. The molecule has 0 saturated heterocycles. The van der Waals surface area contributed by atoms with Crippen LogP contribution in [0.3, 0.4) is 0 Å². The lowest BCUT2D eigenvalue weighted by Gasteiger charge is -2.20. The number of nitrogens with zero attached hydrogens (tertiary/aromatic N) is 1. The summed E-state index contributed by atoms with van der Waals surface area (Å²) < 4.78 is 1.14. The van der Waals surface area contributed by atoms with Gasteiger partial charge in [0.1, 0.15) is 0 Å². The molecule has 0 heterocycles. The van der Waals surface area contributed by atoms with Gasteiger partial charge in [-0.25, -0.2) is 0 Å². The molecule has 0 bridgehead atoms. The first-order chi connectivity index (χ1) is 9.60. The largest absolute Gasteiger partial charge is 0.370 e. The summed E-state index contributed by atoms with van der Waals surface area (Å²) in [6, 6.07) is 15.2. The van der Waals surface area contributed by atoms with E-state index in [9.17, 15) is 0 Å². The van der Waals surface area contributed by atoms with E-state index in [0.29, 0.717) is 6.54 Å². The van der Waals surface area contributed by atoms with Gasteiger partial charge in [-0.3, -0.25) is 0 Å². The summed E-state index contributed by atoms with van der Waals surface area (Å²) in [5.41, 5.74) is 10.7. The second kappa shape index (κ2) is 6.91. The van der Waals surface area contributed by atoms with Gasteiger partial charge in [-0.15, -0.1) is 0 Å². The number of nitrogens with two attached hydrogens (primary N) is 1. The summed E-state index contributed by atoms with van der Waals surface area (Å²) in [6.07, 6.45) is 0.905. The Morgan fingerprint density at radius 1 is 1.10 bits per heavy atom. The third-order valence-electron chi connectivity index (χ3n) is 3.43. The quantitative estimate of drug-likeness (QED) is 0.899. The van der Waals surface area contributed by atoms with E-state index in [0.717, 1.165) is 17.4 Å². The van der Waals surface area contributed by atoms with Crippen molar-refractivity contribution in [1.29, 1.82) is 0 Å². The predicted octanol–water partition coefficient (Wildman–Crippen LogP) is 3.90. The Bertz CT molecular complexity index is 564. The van der Waals surface area contributed by atoms with Gasteiger partial charge in [0.15, 0.2) is 0 Å². The molecule has 0 saturated carbocycles. The van der Waals surface area contributed by atoms with Crippen LogP contribution in [0.1, 0.15) is 16.7 Å². The second-order valence-corrected chi connectivity index (χ2v) is 6.01. The monoisotopic (exact) mass is 332 g/mol. The van der Waals surface area contributed by atoms with Crippen LogP contribution in [0, 0.1) is 6.92 Å². The lowest BCUT2D eigenvalue weighted by atomic mass is 10.1. The molecular formula is C17H21BrN2. The van der Waals surface area contributed by atoms with Crippen LogP contribution in [-0.4, -0.2) is 13.6 Å². The molecule has 2 N–H and O–H groups in total. The number of hydrogen-bond donors (Lipinski definition) is 1. The molecule has 0 fully saturated rings. The zero-order valence-corrected chi connectivity index (χ0v) is 13.7. The van der Waals surface area contributed by atoms with Crippen molar-refractivity contribution in [2.24, 2.45) is 5.73 Å². The summed E-state index contributed by atoms with van der Waals surface area (Å²) >= 11 is 3.63. The van der Waals surface area contributed by atoms with Crippen molar-refractivity contribution in [3.05, 3.63) is 63.6 Å². The number of halogens is 1. The molecule has 0 spiro atoms. The van der Waals surface area contributed by atoms with E-state index in [1.807, 2.05) is 0 Å². The average Bonchev–Trinajstić information content (AvgIpc) is 2.44. The zero-order valence-electron chi connectivity index (χ0n) is 12.1. The lowest BCUT2D eigenvalue weighted by molar-refractivity contribution is 0.916. The summed E-state index contributed by atoms with van der Waals surface area (Å²) in [5, 5.41) is 0. The molecule has 0 aliphatic rings. The molecule has 0 atom stereocenters. The number of aryl methyl sites for hydroxylation is 1. The van der Waals surface area contributed by atoms with Crippen LogP contribution in [0.5, 0.6) is 0 Å². The van der Waals surface area contributed by atoms with Gasteiger partial charge in [-0.2, -0.15) is 0 Å². The molecular weight excluding hydrogens is 312 g/mol. The maximum Gasteiger partial charge on any atom is 0.0426 e. The minimum Gasteiger partial charge on any atom is -0.370 e. The fraction of sp³-hybridized carbons (Fsp3) is 0.294. The Kier molecular flexibility index (Phi) is 5.21. The van der Waals surface area contributed by atoms with E-state index in [2.05, 4.69) is 77.3 Å². The van der Waals surface area contributed by atoms with Crippen molar-refractivity contribution in [3.8, 4) is 0 Å². The second-order valence-electron chi connectivity index (χ2n) is 5.16. The average molecular weight is 333 g/mol. The maximum atomic E-state index is 5.61. The van der Waals surface area contributed by atoms with Crippen LogP contribution >= 0.6 is 15.9 Å². The van der Waals surface area contributed by atoms with Crippen molar-refractivity contribution in [1.82, 2.24) is 0 Å². The molecule has 20 heavy (non-hydrogen) atoms. The Labute approximate surface area is 129 Å². The van der Waals surface area contributed by atoms with Crippen molar-refractivity contribution in [2.45, 2.75) is 19.9 Å². The van der Waals surface area contributed by atoms with Crippen LogP contribution < -0.4 is 10.6 Å². The molecule has 106 valence electrons. The van der Waals surface area contributed by atoms with Gasteiger partial charge in [0.05, 0.1) is 0 Å². The Hall–Kier alpha value is -1.32. The van der Waals surface area contributed by atoms with E-state index in [-0.39, 0.29) is 0 Å². The minimum atomic E-state index is 0.678. The van der Waals surface area contributed by atoms with Gasteiger partial charge in [-0.05, 0) is 43.1 Å². The predicted molar refractivity (Wildman–Crippen MR) is 90.2 cm³/mol. The fourth-order valence-corrected chi connectivity index (χ4v) is 2.76. The molecule has 2 aromatic carbocycles. The maximum absolute atomic E-state index is 5.61. The topological polar surface area (TPSA) is 29.3 Å². The van der Waals surface area contributed by atoms with Crippen molar-refractivity contribution in [3.63, 3.8) is 0 Å². The first kappa shape index (κ1) is 15.1. The Balaban J connectivity index is 2.10. The molecule has 2 rings (SSSR count). The van der Waals surface area contributed by atoms with E-state index in [1.54, 1.807) is 0 Å². The summed E-state index contributed by atoms with van der Waals surface area (Å²) in [5.74, 6) is 0. The molecule has 3 heteroatoms. The van der Waals surface area contributed by atoms with Crippen molar-refractivity contribution >= 4 is 21.6 Å². The van der Waals surface area contributed by atoms with Gasteiger partial charge < -0.3 is 10.6 Å². The minimum absolute atomic E-state index is 0.678. The first-order valence-electron chi connectivity index (χ1n) is 6.85. The van der Waals surface area contributed by atoms with E-state index >= 15 is 0 Å². The standard InChI is InChI=1S/C17H21BrN2/c1-13-3-5-14(6-4-13)12-20(2)16-8-7-15(9-10-19)17(18)11-16/h3-8,11H,9-10,12,19H2,1-2H3. The summed E-state index contributed by atoms with van der Waals surface area (Å²) in [6.45, 7) is 3.70. The highest BCUT2D eigenvalue weighted by Gasteiger charge is 2.05. The molecule has 2 aromatic rings. The zero-order chi connectivity index (χ0) is 14.5. The highest BCUT2D eigenvalue weighted by Crippen LogP contribution is 2.24. The highest BCUT2D eigenvalue weighted by atomic mass is 79.9. The number of benzene rings is 2. The Morgan fingerprint density at radius 2 is 1.80 bits per heavy atom. The molecule has 0 aliphatic heterocycles. The molecule has 0 aromatic heterocycles. The lowest BCUT2D eigenvalue weighted by Crippen LogP contribution is -2.16. The molecule has 0 amide bonds. The summed E-state index contributed by atoms with van der Waals surface area (Å²) in [7, 11) is 2.12. The van der Waals surface area contributed by atoms with Gasteiger partial charge in [0, 0.05) is 23.8 Å². The van der Waals surface area contributed by atoms with Crippen molar-refractivity contribution in [2.75, 3.05) is 18.5 Å². The molecule has 2 nitrogen and oxygen atoms in total. The van der Waals surface area contributed by atoms with Crippen molar-refractivity contribution < 1.29 is 0 Å². The molecule has 0 aliphatic carbocycles. The number of rotatable bonds is 5. The van der Waals surface area contributed by atoms with Gasteiger partial charge in [-0.1, -0.05) is 51.8 Å². The molecule has 0 radical (unpaired) electrons. The van der Waals surface area contributed by atoms with Crippen LogP contribution in [0.4, 0.5) is 5.69 Å². The number of hydrogen-bond acceptors (Lipinski definition) is 2. The van der Waals surface area contributed by atoms with Crippen LogP contribution in [0.15, 0.2) is 46.9 Å². The highest BCUT2D eigenvalue weighted by molar-refractivity contribution is 9.10. The first-order valence-corrected chi connectivity index (χ1v) is 7.64. The smallest absolute Gasteiger partial charge is 0.0426 e. The fourth-order valence-electron chi connectivity index (χ4n) is 2.19. The summed E-state index contributed by atoms with van der Waals surface area (Å²) in [4.78, 5) is 2.25. The van der Waals surface area contributed by atoms with Crippen LogP contribution in [0.25, 0.3) is 0 Å². The van der Waals surface area contributed by atoms with E-state index < -0.39 is 0 Å². The van der Waals surface area contributed by atoms with Gasteiger partial charge >= 0.3 is 0 Å². The van der Waals surface area contributed by atoms with E-state index in [1.165, 1.54) is 22.4 Å². The van der Waals surface area contributed by atoms with E-state index in [4.69, 9.17) is 5.73 Å². The van der Waals surface area contributed by atoms with Crippen LogP contribution in [-0.2, 0) is 13.0 Å².